The maximum Gasteiger partial charge on any atom is 0.329 e. The summed E-state index contributed by atoms with van der Waals surface area (Å²) in [4.78, 5) is 39.9. The Labute approximate surface area is 187 Å². The number of para-hydroxylation sites is 2. The number of nitrogens with one attached hydrogen (secondary N) is 1. The number of amides is 2. The lowest BCUT2D eigenvalue weighted by molar-refractivity contribution is -0.132. The molecule has 0 atom stereocenters. The number of piperidine rings is 1. The molecular formula is C25H30N4O3. The summed E-state index contributed by atoms with van der Waals surface area (Å²) in [6.07, 6.45) is 2.64. The van der Waals surface area contributed by atoms with Crippen molar-refractivity contribution < 1.29 is 9.59 Å². The highest BCUT2D eigenvalue weighted by Gasteiger charge is 2.24. The standard InChI is InChI=1S/C25H30N4O3/c1-2-15-28-21-10-6-7-11-22(21)29(25(28)32)18-14-23(30)27-16-12-20(13-17-27)26-24(31)19-8-4-3-5-9-19/h3-11,20H,2,12-18H2,1H3,(H,26,31). The van der Waals surface area contributed by atoms with Crippen LogP contribution in [0.2, 0.25) is 0 Å². The van der Waals surface area contributed by atoms with Crippen molar-refractivity contribution in [1.82, 2.24) is 19.4 Å². The SMILES string of the molecule is CCCn1c(=O)n(CCC(=O)N2CCC(NC(=O)c3ccccc3)CC2)c2ccccc21. The lowest BCUT2D eigenvalue weighted by atomic mass is 10.0. The Morgan fingerprint density at radius 3 is 2.12 bits per heavy atom. The van der Waals surface area contributed by atoms with Crippen LogP contribution in [0.3, 0.4) is 0 Å². The van der Waals surface area contributed by atoms with Gasteiger partial charge in [-0.3, -0.25) is 18.7 Å². The number of carbonyl (C=O) groups is 2. The van der Waals surface area contributed by atoms with Crippen molar-refractivity contribution in [1.29, 1.82) is 0 Å². The van der Waals surface area contributed by atoms with E-state index in [0.29, 0.717) is 38.2 Å². The topological polar surface area (TPSA) is 76.3 Å². The lowest BCUT2D eigenvalue weighted by Crippen LogP contribution is -2.46. The van der Waals surface area contributed by atoms with E-state index in [0.717, 1.165) is 30.3 Å². The van der Waals surface area contributed by atoms with Crippen molar-refractivity contribution in [3.05, 3.63) is 70.6 Å². The third kappa shape index (κ3) is 4.61. The molecule has 1 saturated heterocycles. The van der Waals surface area contributed by atoms with E-state index in [4.69, 9.17) is 0 Å². The molecule has 1 aliphatic heterocycles. The fourth-order valence-corrected chi connectivity index (χ4v) is 4.43. The van der Waals surface area contributed by atoms with Crippen molar-refractivity contribution >= 4 is 22.8 Å². The van der Waals surface area contributed by atoms with Crippen molar-refractivity contribution in [2.24, 2.45) is 0 Å². The van der Waals surface area contributed by atoms with Crippen LogP contribution in [0.1, 0.15) is 43.0 Å². The third-order valence-corrected chi connectivity index (χ3v) is 6.14. The van der Waals surface area contributed by atoms with Crippen LogP contribution in [0.4, 0.5) is 0 Å². The smallest absolute Gasteiger partial charge is 0.329 e. The number of likely N-dealkylation sites (tertiary alicyclic amines) is 1. The normalized spacial score (nSPS) is 14.6. The van der Waals surface area contributed by atoms with Crippen LogP contribution in [0, 0.1) is 0 Å². The van der Waals surface area contributed by atoms with Gasteiger partial charge in [0.05, 0.1) is 11.0 Å². The van der Waals surface area contributed by atoms with E-state index >= 15 is 0 Å². The zero-order chi connectivity index (χ0) is 22.5. The highest BCUT2D eigenvalue weighted by molar-refractivity contribution is 5.94. The number of hydrogen-bond donors (Lipinski definition) is 1. The van der Waals surface area contributed by atoms with E-state index < -0.39 is 0 Å². The largest absolute Gasteiger partial charge is 0.349 e. The molecule has 1 N–H and O–H groups in total. The Morgan fingerprint density at radius 2 is 1.50 bits per heavy atom. The van der Waals surface area contributed by atoms with Gasteiger partial charge in [0.25, 0.3) is 5.91 Å². The average molecular weight is 435 g/mol. The minimum Gasteiger partial charge on any atom is -0.349 e. The van der Waals surface area contributed by atoms with Crippen molar-refractivity contribution in [2.75, 3.05) is 13.1 Å². The minimum absolute atomic E-state index is 0.0526. The maximum atomic E-state index is 12.9. The van der Waals surface area contributed by atoms with Crippen LogP contribution in [0.15, 0.2) is 59.4 Å². The first-order valence-electron chi connectivity index (χ1n) is 11.4. The minimum atomic E-state index is -0.0711. The molecule has 168 valence electrons. The average Bonchev–Trinajstić information content (AvgIpc) is 3.09. The molecule has 2 aromatic carbocycles. The van der Waals surface area contributed by atoms with Gasteiger partial charge in [-0.15, -0.1) is 0 Å². The number of carbonyl (C=O) groups excluding carboxylic acids is 2. The van der Waals surface area contributed by atoms with Crippen LogP contribution < -0.4 is 11.0 Å². The molecular weight excluding hydrogens is 404 g/mol. The molecule has 2 amide bonds. The first kappa shape index (κ1) is 21.9. The van der Waals surface area contributed by atoms with Crippen LogP contribution >= 0.6 is 0 Å². The monoisotopic (exact) mass is 434 g/mol. The second-order valence-corrected chi connectivity index (χ2v) is 8.32. The fourth-order valence-electron chi connectivity index (χ4n) is 4.43. The summed E-state index contributed by atoms with van der Waals surface area (Å²) in [7, 11) is 0. The van der Waals surface area contributed by atoms with E-state index in [1.54, 1.807) is 21.3 Å². The predicted molar refractivity (Wildman–Crippen MR) is 125 cm³/mol. The van der Waals surface area contributed by atoms with E-state index in [2.05, 4.69) is 5.32 Å². The number of rotatable bonds is 7. The van der Waals surface area contributed by atoms with E-state index in [1.807, 2.05) is 54.3 Å². The van der Waals surface area contributed by atoms with Gasteiger partial charge < -0.3 is 10.2 Å². The number of benzene rings is 2. The molecule has 2 heterocycles. The zero-order valence-corrected chi connectivity index (χ0v) is 18.5. The molecule has 0 saturated carbocycles. The van der Waals surface area contributed by atoms with Crippen LogP contribution in [-0.4, -0.2) is 45.0 Å². The second-order valence-electron chi connectivity index (χ2n) is 8.32. The fraction of sp³-hybridized carbons (Fsp3) is 0.400. The highest BCUT2D eigenvalue weighted by atomic mass is 16.2. The molecule has 0 unspecified atom stereocenters. The summed E-state index contributed by atoms with van der Waals surface area (Å²) < 4.78 is 3.51. The molecule has 0 bridgehead atoms. The summed E-state index contributed by atoms with van der Waals surface area (Å²) in [5.74, 6) is -0.0183. The summed E-state index contributed by atoms with van der Waals surface area (Å²) in [5, 5.41) is 3.07. The van der Waals surface area contributed by atoms with E-state index in [9.17, 15) is 14.4 Å². The molecule has 32 heavy (non-hydrogen) atoms. The Kier molecular flexibility index (Phi) is 6.73. The Balaban J connectivity index is 1.33. The molecule has 7 nitrogen and oxygen atoms in total. The van der Waals surface area contributed by atoms with Crippen LogP contribution in [0.25, 0.3) is 11.0 Å². The van der Waals surface area contributed by atoms with Gasteiger partial charge in [0.2, 0.25) is 5.91 Å². The van der Waals surface area contributed by atoms with Gasteiger partial charge in [-0.25, -0.2) is 4.79 Å². The molecule has 1 fully saturated rings. The Bertz CT molecular complexity index is 1140. The number of aromatic nitrogens is 2. The first-order valence-corrected chi connectivity index (χ1v) is 11.4. The van der Waals surface area contributed by atoms with Gasteiger partial charge in [-0.1, -0.05) is 37.3 Å². The summed E-state index contributed by atoms with van der Waals surface area (Å²) >= 11 is 0. The summed E-state index contributed by atoms with van der Waals surface area (Å²) in [6.45, 7) is 4.33. The zero-order valence-electron chi connectivity index (χ0n) is 18.5. The number of aryl methyl sites for hydroxylation is 2. The van der Waals surface area contributed by atoms with Gasteiger partial charge >= 0.3 is 5.69 Å². The highest BCUT2D eigenvalue weighted by Crippen LogP contribution is 2.16. The second kappa shape index (κ2) is 9.85. The molecule has 1 aromatic heterocycles. The van der Waals surface area contributed by atoms with Gasteiger partial charge in [0.15, 0.2) is 0 Å². The maximum absolute atomic E-state index is 12.9. The number of imidazole rings is 1. The van der Waals surface area contributed by atoms with Gasteiger partial charge in [0.1, 0.15) is 0 Å². The molecule has 1 aliphatic rings. The van der Waals surface area contributed by atoms with Crippen molar-refractivity contribution in [2.45, 2.75) is 51.7 Å². The van der Waals surface area contributed by atoms with Gasteiger partial charge in [-0.05, 0) is 43.5 Å². The van der Waals surface area contributed by atoms with Crippen LogP contribution in [0.5, 0.6) is 0 Å². The Morgan fingerprint density at radius 1 is 0.906 bits per heavy atom. The quantitative estimate of drug-likeness (QED) is 0.621. The number of fused-ring (bicyclic) bond motifs is 1. The molecule has 0 aliphatic carbocycles. The van der Waals surface area contributed by atoms with Crippen molar-refractivity contribution in [3.63, 3.8) is 0 Å². The molecule has 7 heteroatoms. The molecule has 0 radical (unpaired) electrons. The number of hydrogen-bond acceptors (Lipinski definition) is 3. The summed E-state index contributed by atoms with van der Waals surface area (Å²) in [6, 6.07) is 17.0. The molecule has 4 rings (SSSR count). The Hall–Kier alpha value is -3.35. The third-order valence-electron chi connectivity index (χ3n) is 6.14. The van der Waals surface area contributed by atoms with Gasteiger partial charge in [0, 0.05) is 44.2 Å². The van der Waals surface area contributed by atoms with Gasteiger partial charge in [-0.2, -0.15) is 0 Å². The first-order chi connectivity index (χ1) is 15.6. The van der Waals surface area contributed by atoms with Crippen LogP contribution in [-0.2, 0) is 17.9 Å². The van der Waals surface area contributed by atoms with E-state index in [-0.39, 0.29) is 23.5 Å². The number of nitrogens with zero attached hydrogens (tertiary/aromatic N) is 3. The summed E-state index contributed by atoms with van der Waals surface area (Å²) in [5.41, 5.74) is 2.39. The molecule has 0 spiro atoms. The molecule has 3 aromatic rings. The predicted octanol–water partition coefficient (Wildman–Crippen LogP) is 3.02. The lowest BCUT2D eigenvalue weighted by Gasteiger charge is -2.32. The van der Waals surface area contributed by atoms with E-state index in [1.165, 1.54) is 0 Å². The van der Waals surface area contributed by atoms with Crippen molar-refractivity contribution in [3.8, 4) is 0 Å².